The number of halogens is 1. The van der Waals surface area contributed by atoms with E-state index in [0.29, 0.717) is 31.4 Å². The molecule has 0 aliphatic carbocycles. The number of ether oxygens (including phenoxy) is 2. The van der Waals surface area contributed by atoms with Gasteiger partial charge >= 0.3 is 0 Å². The van der Waals surface area contributed by atoms with Crippen LogP contribution in [0.2, 0.25) is 0 Å². The van der Waals surface area contributed by atoms with Crippen LogP contribution < -0.4 is 25.4 Å². The molecule has 1 amide bonds. The lowest BCUT2D eigenvalue weighted by atomic mass is 10.1. The van der Waals surface area contributed by atoms with Crippen LogP contribution in [0.5, 0.6) is 11.5 Å². The topological polar surface area (TPSA) is 84.0 Å². The summed E-state index contributed by atoms with van der Waals surface area (Å²) in [6, 6.07) is 13.7. The number of carbonyl (C=O) groups is 1. The number of carbonyl (C=O) groups excluding carboxylic acids is 1. The fraction of sp³-hybridized carbons (Fsp3) is 0.364. The first kappa shape index (κ1) is 23.8. The summed E-state index contributed by atoms with van der Waals surface area (Å²) in [7, 11) is 1.73. The molecule has 3 rings (SSSR count). The Hall–Kier alpha value is -2.49. The van der Waals surface area contributed by atoms with E-state index in [0.717, 1.165) is 28.3 Å². The van der Waals surface area contributed by atoms with Crippen LogP contribution in [0.1, 0.15) is 31.4 Å². The van der Waals surface area contributed by atoms with Gasteiger partial charge in [-0.1, -0.05) is 32.0 Å². The Morgan fingerprint density at radius 3 is 2.43 bits per heavy atom. The average Bonchev–Trinajstić information content (AvgIpc) is 3.15. The number of fused-ring (bicyclic) bond motifs is 1. The summed E-state index contributed by atoms with van der Waals surface area (Å²) in [6.45, 7) is 5.53. The standard InChI is InChI=1S/C22H28N4O3.HI/c1-15(2)9-21(27)26-18-6-4-5-16(10-18)12-24-22(23-3)25-13-17-7-8-19-20(11-17)29-14-28-19;/h4-8,10-11,15H,9,12-14H2,1-3H3,(H,26,27)(H2,23,24,25);1H. The van der Waals surface area contributed by atoms with E-state index in [-0.39, 0.29) is 36.7 Å². The monoisotopic (exact) mass is 524 g/mol. The minimum atomic E-state index is 0. The Morgan fingerprint density at radius 2 is 1.73 bits per heavy atom. The highest BCUT2D eigenvalue weighted by molar-refractivity contribution is 14.0. The maximum atomic E-state index is 12.0. The Labute approximate surface area is 194 Å². The molecule has 0 aromatic heterocycles. The van der Waals surface area contributed by atoms with Crippen LogP contribution in [0.15, 0.2) is 47.5 Å². The van der Waals surface area contributed by atoms with Crippen LogP contribution in [0, 0.1) is 5.92 Å². The Balaban J connectivity index is 0.00000320. The zero-order valence-electron chi connectivity index (χ0n) is 17.5. The molecule has 0 atom stereocenters. The predicted octanol–water partition coefficient (Wildman–Crippen LogP) is 3.88. The number of aliphatic imine (C=N–C) groups is 1. The van der Waals surface area contributed by atoms with Crippen LogP contribution in [-0.2, 0) is 17.9 Å². The molecule has 1 heterocycles. The van der Waals surface area contributed by atoms with E-state index in [1.165, 1.54) is 0 Å². The van der Waals surface area contributed by atoms with Gasteiger partial charge in [0.1, 0.15) is 0 Å². The normalized spacial score (nSPS) is 12.3. The fourth-order valence-electron chi connectivity index (χ4n) is 2.98. The molecule has 1 aliphatic heterocycles. The first-order valence-electron chi connectivity index (χ1n) is 9.75. The van der Waals surface area contributed by atoms with Gasteiger partial charge in [-0.2, -0.15) is 0 Å². The van der Waals surface area contributed by atoms with E-state index in [1.807, 2.05) is 56.3 Å². The van der Waals surface area contributed by atoms with Gasteiger partial charge in [0.05, 0.1) is 0 Å². The molecule has 162 valence electrons. The van der Waals surface area contributed by atoms with Gasteiger partial charge in [-0.05, 0) is 41.3 Å². The second-order valence-corrected chi connectivity index (χ2v) is 7.31. The molecule has 2 aromatic rings. The molecule has 8 heteroatoms. The average molecular weight is 524 g/mol. The van der Waals surface area contributed by atoms with Crippen molar-refractivity contribution in [2.75, 3.05) is 19.2 Å². The highest BCUT2D eigenvalue weighted by Gasteiger charge is 2.13. The van der Waals surface area contributed by atoms with Gasteiger partial charge in [0.2, 0.25) is 12.7 Å². The van der Waals surface area contributed by atoms with Gasteiger partial charge in [0, 0.05) is 32.2 Å². The van der Waals surface area contributed by atoms with Crippen molar-refractivity contribution in [3.05, 3.63) is 53.6 Å². The number of amides is 1. The van der Waals surface area contributed by atoms with Crippen molar-refractivity contribution in [1.29, 1.82) is 0 Å². The summed E-state index contributed by atoms with van der Waals surface area (Å²) in [5.74, 6) is 2.60. The molecule has 0 unspecified atom stereocenters. The summed E-state index contributed by atoms with van der Waals surface area (Å²) in [5.41, 5.74) is 2.93. The zero-order chi connectivity index (χ0) is 20.6. The predicted molar refractivity (Wildman–Crippen MR) is 130 cm³/mol. The lowest BCUT2D eigenvalue weighted by Crippen LogP contribution is -2.36. The maximum Gasteiger partial charge on any atom is 0.231 e. The molecule has 7 nitrogen and oxygen atoms in total. The quantitative estimate of drug-likeness (QED) is 0.291. The van der Waals surface area contributed by atoms with Gasteiger partial charge in [-0.15, -0.1) is 24.0 Å². The van der Waals surface area contributed by atoms with E-state index in [4.69, 9.17) is 9.47 Å². The molecule has 0 spiro atoms. The second-order valence-electron chi connectivity index (χ2n) is 7.31. The number of benzene rings is 2. The number of nitrogens with one attached hydrogen (secondary N) is 3. The summed E-state index contributed by atoms with van der Waals surface area (Å²) in [4.78, 5) is 16.2. The molecule has 30 heavy (non-hydrogen) atoms. The Kier molecular flexibility index (Phi) is 9.22. The van der Waals surface area contributed by atoms with Crippen molar-refractivity contribution in [3.8, 4) is 11.5 Å². The number of anilines is 1. The van der Waals surface area contributed by atoms with Crippen molar-refractivity contribution in [2.24, 2.45) is 10.9 Å². The van der Waals surface area contributed by atoms with Crippen LogP contribution in [0.3, 0.4) is 0 Å². The van der Waals surface area contributed by atoms with Crippen molar-refractivity contribution < 1.29 is 14.3 Å². The first-order chi connectivity index (χ1) is 14.0. The smallest absolute Gasteiger partial charge is 0.231 e. The van der Waals surface area contributed by atoms with E-state index in [9.17, 15) is 4.79 Å². The lowest BCUT2D eigenvalue weighted by Gasteiger charge is -2.13. The van der Waals surface area contributed by atoms with E-state index < -0.39 is 0 Å². The maximum absolute atomic E-state index is 12.0. The zero-order valence-corrected chi connectivity index (χ0v) is 19.9. The molecule has 3 N–H and O–H groups in total. The van der Waals surface area contributed by atoms with Crippen molar-refractivity contribution in [2.45, 2.75) is 33.4 Å². The third-order valence-electron chi connectivity index (χ3n) is 4.38. The van der Waals surface area contributed by atoms with Crippen LogP contribution in [0.25, 0.3) is 0 Å². The third-order valence-corrected chi connectivity index (χ3v) is 4.38. The number of hydrogen-bond acceptors (Lipinski definition) is 4. The number of guanidine groups is 1. The summed E-state index contributed by atoms with van der Waals surface area (Å²) in [5, 5.41) is 9.53. The van der Waals surface area contributed by atoms with Crippen LogP contribution in [-0.4, -0.2) is 25.7 Å². The van der Waals surface area contributed by atoms with Gasteiger partial charge in [-0.3, -0.25) is 9.79 Å². The highest BCUT2D eigenvalue weighted by Crippen LogP contribution is 2.32. The molecular formula is C22H29IN4O3. The fourth-order valence-corrected chi connectivity index (χ4v) is 2.98. The molecule has 2 aromatic carbocycles. The Bertz CT molecular complexity index is 886. The minimum Gasteiger partial charge on any atom is -0.454 e. The number of hydrogen-bond donors (Lipinski definition) is 3. The molecule has 1 aliphatic rings. The van der Waals surface area contributed by atoms with E-state index in [1.54, 1.807) is 7.05 Å². The highest BCUT2D eigenvalue weighted by atomic mass is 127. The van der Waals surface area contributed by atoms with Crippen molar-refractivity contribution in [3.63, 3.8) is 0 Å². The summed E-state index contributed by atoms with van der Waals surface area (Å²) in [6.07, 6.45) is 0.513. The molecule has 0 bridgehead atoms. The lowest BCUT2D eigenvalue weighted by molar-refractivity contribution is -0.116. The number of rotatable bonds is 7. The van der Waals surface area contributed by atoms with Gasteiger partial charge < -0.3 is 25.4 Å². The van der Waals surface area contributed by atoms with E-state index >= 15 is 0 Å². The molecule has 0 fully saturated rings. The molecule has 0 saturated heterocycles. The van der Waals surface area contributed by atoms with Gasteiger partial charge in [0.15, 0.2) is 17.5 Å². The molecular weight excluding hydrogens is 495 g/mol. The van der Waals surface area contributed by atoms with Crippen molar-refractivity contribution >= 4 is 41.5 Å². The largest absolute Gasteiger partial charge is 0.454 e. The van der Waals surface area contributed by atoms with Gasteiger partial charge in [-0.25, -0.2) is 0 Å². The van der Waals surface area contributed by atoms with Crippen LogP contribution >= 0.6 is 24.0 Å². The minimum absolute atomic E-state index is 0. The van der Waals surface area contributed by atoms with Crippen molar-refractivity contribution in [1.82, 2.24) is 10.6 Å². The Morgan fingerprint density at radius 1 is 1.03 bits per heavy atom. The first-order valence-corrected chi connectivity index (χ1v) is 9.75. The van der Waals surface area contributed by atoms with E-state index in [2.05, 4.69) is 20.9 Å². The van der Waals surface area contributed by atoms with Crippen LogP contribution in [0.4, 0.5) is 5.69 Å². The third kappa shape index (κ3) is 7.08. The summed E-state index contributed by atoms with van der Waals surface area (Å²) < 4.78 is 10.7. The number of nitrogens with zero attached hydrogens (tertiary/aromatic N) is 1. The SMILES string of the molecule is CN=C(NCc1cccc(NC(=O)CC(C)C)c1)NCc1ccc2c(c1)OCO2.I. The summed E-state index contributed by atoms with van der Waals surface area (Å²) >= 11 is 0. The molecule has 0 saturated carbocycles. The second kappa shape index (κ2) is 11.6. The molecule has 0 radical (unpaired) electrons. The van der Waals surface area contributed by atoms with Gasteiger partial charge in [0.25, 0.3) is 0 Å².